The molecule has 0 saturated heterocycles. The first-order valence-corrected chi connectivity index (χ1v) is 5.17. The van der Waals surface area contributed by atoms with Crippen molar-refractivity contribution in [2.75, 3.05) is 13.2 Å². The Morgan fingerprint density at radius 1 is 1.36 bits per heavy atom. The van der Waals surface area contributed by atoms with Gasteiger partial charge in [-0.25, -0.2) is 0 Å². The lowest BCUT2D eigenvalue weighted by molar-refractivity contribution is -0.122. The van der Waals surface area contributed by atoms with Crippen LogP contribution in [0.1, 0.15) is 27.7 Å². The summed E-state index contributed by atoms with van der Waals surface area (Å²) in [7, 11) is 0. The third kappa shape index (κ3) is 4.58. The zero-order valence-electron chi connectivity index (χ0n) is 9.50. The molecular formula is C10H22N2O2. The highest BCUT2D eigenvalue weighted by Gasteiger charge is 2.17. The van der Waals surface area contributed by atoms with E-state index in [0.717, 1.165) is 0 Å². The van der Waals surface area contributed by atoms with Crippen molar-refractivity contribution in [3.05, 3.63) is 0 Å². The topological polar surface area (TPSA) is 61.4 Å². The van der Waals surface area contributed by atoms with Crippen molar-refractivity contribution in [3.8, 4) is 0 Å². The molecule has 0 saturated carbocycles. The van der Waals surface area contributed by atoms with Crippen molar-refractivity contribution in [2.24, 2.45) is 5.92 Å². The fourth-order valence-electron chi connectivity index (χ4n) is 1.12. The van der Waals surface area contributed by atoms with Gasteiger partial charge in [-0.05, 0) is 26.7 Å². The molecule has 0 aliphatic heterocycles. The van der Waals surface area contributed by atoms with E-state index in [2.05, 4.69) is 10.6 Å². The normalized spacial score (nSPS) is 17.2. The van der Waals surface area contributed by atoms with E-state index in [-0.39, 0.29) is 30.5 Å². The van der Waals surface area contributed by atoms with Crippen LogP contribution in [0.25, 0.3) is 0 Å². The van der Waals surface area contributed by atoms with Crippen molar-refractivity contribution < 1.29 is 9.90 Å². The third-order valence-electron chi connectivity index (χ3n) is 2.40. The molecule has 3 N–H and O–H groups in total. The Bertz CT molecular complexity index is 174. The zero-order valence-corrected chi connectivity index (χ0v) is 9.50. The number of rotatable bonds is 6. The summed E-state index contributed by atoms with van der Waals surface area (Å²) in [5.74, 6) is 0.163. The SMILES string of the molecule is CCNC(=O)C(C)NC(C)C(C)CO. The van der Waals surface area contributed by atoms with Gasteiger partial charge in [-0.1, -0.05) is 6.92 Å². The Balaban J connectivity index is 3.92. The predicted octanol–water partition coefficient (Wildman–Crippen LogP) is 0.118. The standard InChI is InChI=1S/C10H22N2O2/c1-5-11-10(14)9(4)12-8(3)7(2)6-13/h7-9,12-13H,5-6H2,1-4H3,(H,11,14). The Morgan fingerprint density at radius 2 is 1.93 bits per heavy atom. The van der Waals surface area contributed by atoms with Gasteiger partial charge in [-0.2, -0.15) is 0 Å². The molecule has 4 nitrogen and oxygen atoms in total. The van der Waals surface area contributed by atoms with Gasteiger partial charge >= 0.3 is 0 Å². The maximum Gasteiger partial charge on any atom is 0.236 e. The second-order valence-electron chi connectivity index (χ2n) is 3.73. The molecule has 0 aliphatic carbocycles. The van der Waals surface area contributed by atoms with Crippen LogP contribution >= 0.6 is 0 Å². The lowest BCUT2D eigenvalue weighted by Crippen LogP contribution is -2.48. The number of hydrogen-bond donors (Lipinski definition) is 3. The molecule has 0 aliphatic rings. The van der Waals surface area contributed by atoms with Crippen molar-refractivity contribution in [1.82, 2.24) is 10.6 Å². The van der Waals surface area contributed by atoms with Gasteiger partial charge in [0.15, 0.2) is 0 Å². The molecule has 3 unspecified atom stereocenters. The molecule has 0 spiro atoms. The van der Waals surface area contributed by atoms with Gasteiger partial charge in [0.25, 0.3) is 0 Å². The molecular weight excluding hydrogens is 180 g/mol. The highest BCUT2D eigenvalue weighted by molar-refractivity contribution is 5.81. The van der Waals surface area contributed by atoms with Crippen LogP contribution in [0, 0.1) is 5.92 Å². The summed E-state index contributed by atoms with van der Waals surface area (Å²) in [5.41, 5.74) is 0. The Kier molecular flexibility index (Phi) is 6.49. The van der Waals surface area contributed by atoms with E-state index in [1.165, 1.54) is 0 Å². The summed E-state index contributed by atoms with van der Waals surface area (Å²) >= 11 is 0. The number of aliphatic hydroxyl groups is 1. The van der Waals surface area contributed by atoms with Gasteiger partial charge in [0.05, 0.1) is 6.04 Å². The summed E-state index contributed by atoms with van der Waals surface area (Å²) in [6.07, 6.45) is 0. The first-order valence-electron chi connectivity index (χ1n) is 5.17. The first kappa shape index (κ1) is 13.4. The van der Waals surface area contributed by atoms with E-state index in [4.69, 9.17) is 5.11 Å². The summed E-state index contributed by atoms with van der Waals surface area (Å²) < 4.78 is 0. The van der Waals surface area contributed by atoms with E-state index < -0.39 is 0 Å². The quantitative estimate of drug-likeness (QED) is 0.573. The van der Waals surface area contributed by atoms with Crippen molar-refractivity contribution >= 4 is 5.91 Å². The molecule has 3 atom stereocenters. The van der Waals surface area contributed by atoms with E-state index in [1.807, 2.05) is 27.7 Å². The van der Waals surface area contributed by atoms with E-state index in [9.17, 15) is 4.79 Å². The molecule has 0 bridgehead atoms. The summed E-state index contributed by atoms with van der Waals surface area (Å²) in [6, 6.07) is -0.0726. The van der Waals surface area contributed by atoms with Crippen LogP contribution in [-0.2, 0) is 4.79 Å². The average molecular weight is 202 g/mol. The molecule has 14 heavy (non-hydrogen) atoms. The minimum atomic E-state index is -0.209. The van der Waals surface area contributed by atoms with Crippen LogP contribution in [0.3, 0.4) is 0 Å². The maximum atomic E-state index is 11.4. The van der Waals surface area contributed by atoms with Gasteiger partial charge in [0, 0.05) is 19.2 Å². The summed E-state index contributed by atoms with van der Waals surface area (Å²) in [6.45, 7) is 8.42. The monoisotopic (exact) mass is 202 g/mol. The van der Waals surface area contributed by atoms with Gasteiger partial charge < -0.3 is 15.7 Å². The number of nitrogens with one attached hydrogen (secondary N) is 2. The Labute approximate surface area is 86.1 Å². The van der Waals surface area contributed by atoms with Crippen molar-refractivity contribution in [3.63, 3.8) is 0 Å². The minimum Gasteiger partial charge on any atom is -0.396 e. The number of aliphatic hydroxyl groups excluding tert-OH is 1. The van der Waals surface area contributed by atoms with Crippen LogP contribution in [0.5, 0.6) is 0 Å². The van der Waals surface area contributed by atoms with E-state index >= 15 is 0 Å². The van der Waals surface area contributed by atoms with Crippen LogP contribution in [0.2, 0.25) is 0 Å². The second kappa shape index (κ2) is 6.79. The maximum absolute atomic E-state index is 11.4. The largest absolute Gasteiger partial charge is 0.396 e. The van der Waals surface area contributed by atoms with E-state index in [0.29, 0.717) is 6.54 Å². The highest BCUT2D eigenvalue weighted by Crippen LogP contribution is 2.01. The smallest absolute Gasteiger partial charge is 0.236 e. The summed E-state index contributed by atoms with van der Waals surface area (Å²) in [5, 5.41) is 14.8. The lowest BCUT2D eigenvalue weighted by atomic mass is 10.0. The molecule has 84 valence electrons. The molecule has 0 aromatic rings. The molecule has 0 heterocycles. The van der Waals surface area contributed by atoms with E-state index in [1.54, 1.807) is 0 Å². The molecule has 0 rings (SSSR count). The molecule has 0 aromatic carbocycles. The first-order chi connectivity index (χ1) is 6.52. The molecule has 0 fully saturated rings. The molecule has 1 amide bonds. The second-order valence-corrected chi connectivity index (χ2v) is 3.73. The van der Waals surface area contributed by atoms with Crippen molar-refractivity contribution in [1.29, 1.82) is 0 Å². The Hall–Kier alpha value is -0.610. The minimum absolute atomic E-state index is 0.00416. The van der Waals surface area contributed by atoms with Gasteiger partial charge in [0.1, 0.15) is 0 Å². The van der Waals surface area contributed by atoms with Crippen LogP contribution < -0.4 is 10.6 Å². The van der Waals surface area contributed by atoms with Crippen LogP contribution in [0.4, 0.5) is 0 Å². The molecule has 4 heteroatoms. The van der Waals surface area contributed by atoms with Gasteiger partial charge in [0.2, 0.25) is 5.91 Å². The summed E-state index contributed by atoms with van der Waals surface area (Å²) in [4.78, 5) is 11.4. The van der Waals surface area contributed by atoms with Crippen molar-refractivity contribution in [2.45, 2.75) is 39.8 Å². The third-order valence-corrected chi connectivity index (χ3v) is 2.40. The lowest BCUT2D eigenvalue weighted by Gasteiger charge is -2.23. The molecule has 0 radical (unpaired) electrons. The van der Waals surface area contributed by atoms with Crippen LogP contribution in [-0.4, -0.2) is 36.2 Å². The predicted molar refractivity (Wildman–Crippen MR) is 57.0 cm³/mol. The number of carbonyl (C=O) groups is 1. The highest BCUT2D eigenvalue weighted by atomic mass is 16.3. The number of hydrogen-bond acceptors (Lipinski definition) is 3. The Morgan fingerprint density at radius 3 is 2.36 bits per heavy atom. The zero-order chi connectivity index (χ0) is 11.1. The fourth-order valence-corrected chi connectivity index (χ4v) is 1.12. The number of carbonyl (C=O) groups excluding carboxylic acids is 1. The fraction of sp³-hybridized carbons (Fsp3) is 0.900. The van der Waals surface area contributed by atoms with Crippen LogP contribution in [0.15, 0.2) is 0 Å². The number of likely N-dealkylation sites (N-methyl/N-ethyl adjacent to an activating group) is 1. The van der Waals surface area contributed by atoms with Gasteiger partial charge in [-0.3, -0.25) is 4.79 Å². The number of amides is 1. The average Bonchev–Trinajstić information content (AvgIpc) is 2.16. The van der Waals surface area contributed by atoms with Gasteiger partial charge in [-0.15, -0.1) is 0 Å². The molecule has 0 aromatic heterocycles.